The summed E-state index contributed by atoms with van der Waals surface area (Å²) in [5.74, 6) is 0.769. The van der Waals surface area contributed by atoms with E-state index in [4.69, 9.17) is 14.2 Å². The van der Waals surface area contributed by atoms with Gasteiger partial charge in [-0.15, -0.1) is 0 Å². The maximum Gasteiger partial charge on any atom is 0.302 e. The van der Waals surface area contributed by atoms with Crippen molar-refractivity contribution >= 4 is 32.7 Å². The molecule has 112 valence electrons. The van der Waals surface area contributed by atoms with Crippen molar-refractivity contribution in [3.8, 4) is 17.2 Å². The number of hydrogen-bond donors (Lipinski definition) is 1. The van der Waals surface area contributed by atoms with E-state index in [-0.39, 0.29) is 18.3 Å². The highest BCUT2D eigenvalue weighted by atomic mass is 79.9. The van der Waals surface area contributed by atoms with Crippen molar-refractivity contribution in [3.05, 3.63) is 28.2 Å². The summed E-state index contributed by atoms with van der Waals surface area (Å²) in [6.07, 6.45) is 0. The normalized spacial score (nSPS) is 10.5. The zero-order valence-electron chi connectivity index (χ0n) is 11.9. The summed E-state index contributed by atoms with van der Waals surface area (Å²) in [5.41, 5.74) is 0.658. The van der Waals surface area contributed by atoms with E-state index in [1.807, 2.05) is 0 Å². The molecule has 0 aliphatic carbocycles. The second-order valence-corrected chi connectivity index (χ2v) is 5.19. The van der Waals surface area contributed by atoms with E-state index in [0.717, 1.165) is 0 Å². The Kier molecular flexibility index (Phi) is 4.57. The minimum atomic E-state index is -0.385. The Morgan fingerprint density at radius 3 is 2.52 bits per heavy atom. The highest BCUT2D eigenvalue weighted by Gasteiger charge is 2.16. The highest BCUT2D eigenvalue weighted by molar-refractivity contribution is 9.10. The van der Waals surface area contributed by atoms with E-state index in [9.17, 15) is 9.90 Å². The number of rotatable bonds is 4. The Hall–Kier alpha value is -1.95. The van der Waals surface area contributed by atoms with E-state index >= 15 is 0 Å². The molecule has 0 amide bonds. The van der Waals surface area contributed by atoms with Crippen LogP contribution >= 0.6 is 15.9 Å². The lowest BCUT2D eigenvalue weighted by molar-refractivity contribution is -0.142. The van der Waals surface area contributed by atoms with Crippen LogP contribution < -0.4 is 9.47 Å². The first-order valence-corrected chi connectivity index (χ1v) is 6.96. The number of phenolic OH excluding ortho intramolecular Hbond substituents is 1. The Bertz CT molecular complexity index is 696. The van der Waals surface area contributed by atoms with Crippen molar-refractivity contribution in [3.63, 3.8) is 0 Å². The van der Waals surface area contributed by atoms with Crippen LogP contribution in [0.4, 0.5) is 0 Å². The fourth-order valence-corrected chi connectivity index (χ4v) is 2.61. The summed E-state index contributed by atoms with van der Waals surface area (Å²) in [4.78, 5) is 10.9. The minimum Gasteiger partial charge on any atom is -0.507 e. The molecular formula is C15H15BrO5. The third kappa shape index (κ3) is 3.05. The van der Waals surface area contributed by atoms with Crippen LogP contribution in [0.25, 0.3) is 10.8 Å². The molecule has 0 saturated carbocycles. The zero-order valence-corrected chi connectivity index (χ0v) is 13.5. The predicted molar refractivity (Wildman–Crippen MR) is 81.9 cm³/mol. The molecule has 6 heteroatoms. The summed E-state index contributed by atoms with van der Waals surface area (Å²) < 4.78 is 16.2. The number of carbonyl (C=O) groups is 1. The maximum absolute atomic E-state index is 10.9. The van der Waals surface area contributed by atoms with Crippen LogP contribution in [0, 0.1) is 0 Å². The number of esters is 1. The van der Waals surface area contributed by atoms with Crippen molar-refractivity contribution in [1.82, 2.24) is 0 Å². The number of aromatic hydroxyl groups is 1. The molecule has 21 heavy (non-hydrogen) atoms. The van der Waals surface area contributed by atoms with Crippen molar-refractivity contribution in [2.75, 3.05) is 14.2 Å². The molecule has 0 radical (unpaired) electrons. The molecule has 0 aliphatic heterocycles. The molecule has 2 rings (SSSR count). The minimum absolute atomic E-state index is 0.0508. The van der Waals surface area contributed by atoms with Crippen LogP contribution in [0.5, 0.6) is 17.2 Å². The lowest BCUT2D eigenvalue weighted by atomic mass is 10.0. The van der Waals surface area contributed by atoms with Gasteiger partial charge in [-0.1, -0.05) is 0 Å². The van der Waals surface area contributed by atoms with Crippen LogP contribution in [-0.2, 0) is 16.1 Å². The molecule has 5 nitrogen and oxygen atoms in total. The number of phenols is 1. The molecule has 1 N–H and O–H groups in total. The van der Waals surface area contributed by atoms with Gasteiger partial charge in [0.05, 0.1) is 19.6 Å². The average Bonchev–Trinajstić information content (AvgIpc) is 2.47. The maximum atomic E-state index is 10.9. The number of benzene rings is 2. The molecule has 0 spiro atoms. The summed E-state index contributed by atoms with van der Waals surface area (Å²) in [7, 11) is 3.07. The molecule has 0 fully saturated rings. The number of fused-ring (bicyclic) bond motifs is 1. The van der Waals surface area contributed by atoms with Crippen LogP contribution in [0.3, 0.4) is 0 Å². The number of ether oxygens (including phenoxy) is 3. The molecule has 0 unspecified atom stereocenters. The van der Waals surface area contributed by atoms with Gasteiger partial charge < -0.3 is 19.3 Å². The summed E-state index contributed by atoms with van der Waals surface area (Å²) >= 11 is 3.48. The monoisotopic (exact) mass is 354 g/mol. The summed E-state index contributed by atoms with van der Waals surface area (Å²) in [5, 5.41) is 11.5. The number of hydrogen-bond acceptors (Lipinski definition) is 5. The lowest BCUT2D eigenvalue weighted by Crippen LogP contribution is -2.00. The van der Waals surface area contributed by atoms with Gasteiger partial charge in [0.1, 0.15) is 23.9 Å². The van der Waals surface area contributed by atoms with E-state index in [1.54, 1.807) is 25.3 Å². The molecular weight excluding hydrogens is 340 g/mol. The predicted octanol–water partition coefficient (Wildman–Crippen LogP) is 3.39. The molecule has 0 bridgehead atoms. The Morgan fingerprint density at radius 1 is 1.24 bits per heavy atom. The summed E-state index contributed by atoms with van der Waals surface area (Å²) in [6, 6.07) is 5.02. The number of carbonyl (C=O) groups excluding carboxylic acids is 1. The molecule has 0 atom stereocenters. The van der Waals surface area contributed by atoms with Gasteiger partial charge in [0, 0.05) is 28.4 Å². The standard InChI is InChI=1S/C15H15BrO5/c1-8(17)21-7-9-4-12(18)14-11(15(9)16)5-10(19-2)6-13(14)20-3/h4-6,18H,7H2,1-3H3. The van der Waals surface area contributed by atoms with Crippen molar-refractivity contribution < 1.29 is 24.1 Å². The second kappa shape index (κ2) is 6.22. The van der Waals surface area contributed by atoms with Crippen LogP contribution in [-0.4, -0.2) is 25.3 Å². The van der Waals surface area contributed by atoms with Gasteiger partial charge in [0.15, 0.2) is 0 Å². The van der Waals surface area contributed by atoms with E-state index < -0.39 is 0 Å². The molecule has 2 aromatic rings. The lowest BCUT2D eigenvalue weighted by Gasteiger charge is -2.14. The largest absolute Gasteiger partial charge is 0.507 e. The first-order chi connectivity index (χ1) is 9.97. The first kappa shape index (κ1) is 15.4. The average molecular weight is 355 g/mol. The van der Waals surface area contributed by atoms with Gasteiger partial charge in [-0.25, -0.2) is 0 Å². The summed E-state index contributed by atoms with van der Waals surface area (Å²) in [6.45, 7) is 1.40. The number of methoxy groups -OCH3 is 2. The van der Waals surface area contributed by atoms with Gasteiger partial charge in [-0.2, -0.15) is 0 Å². The smallest absolute Gasteiger partial charge is 0.302 e. The van der Waals surface area contributed by atoms with E-state index in [0.29, 0.717) is 32.3 Å². The third-order valence-corrected chi connectivity index (χ3v) is 3.98. The second-order valence-electron chi connectivity index (χ2n) is 4.40. The van der Waals surface area contributed by atoms with Crippen LogP contribution in [0.15, 0.2) is 22.7 Å². The van der Waals surface area contributed by atoms with Crippen molar-refractivity contribution in [2.24, 2.45) is 0 Å². The highest BCUT2D eigenvalue weighted by Crippen LogP contribution is 2.42. The molecule has 0 heterocycles. The molecule has 0 aromatic heterocycles. The number of halogens is 1. The van der Waals surface area contributed by atoms with Crippen LogP contribution in [0.2, 0.25) is 0 Å². The van der Waals surface area contributed by atoms with Gasteiger partial charge in [-0.05, 0) is 28.1 Å². The van der Waals surface area contributed by atoms with Gasteiger partial charge >= 0.3 is 5.97 Å². The SMILES string of the molecule is COc1cc(OC)c2c(O)cc(COC(C)=O)c(Br)c2c1. The van der Waals surface area contributed by atoms with Crippen molar-refractivity contribution in [1.29, 1.82) is 0 Å². The molecule has 2 aromatic carbocycles. The van der Waals surface area contributed by atoms with Crippen molar-refractivity contribution in [2.45, 2.75) is 13.5 Å². The van der Waals surface area contributed by atoms with Gasteiger partial charge in [0.25, 0.3) is 0 Å². The molecule has 0 aliphatic rings. The van der Waals surface area contributed by atoms with Crippen LogP contribution in [0.1, 0.15) is 12.5 Å². The Morgan fingerprint density at radius 2 is 1.95 bits per heavy atom. The Balaban J connectivity index is 2.67. The quantitative estimate of drug-likeness (QED) is 0.852. The Labute approximate surface area is 130 Å². The third-order valence-electron chi connectivity index (χ3n) is 3.05. The molecule has 0 saturated heterocycles. The van der Waals surface area contributed by atoms with E-state index in [2.05, 4.69) is 15.9 Å². The fraction of sp³-hybridized carbons (Fsp3) is 0.267. The van der Waals surface area contributed by atoms with E-state index in [1.165, 1.54) is 14.0 Å². The topological polar surface area (TPSA) is 65.0 Å². The zero-order chi connectivity index (χ0) is 15.6. The fourth-order valence-electron chi connectivity index (χ4n) is 2.06. The van der Waals surface area contributed by atoms with Gasteiger partial charge in [-0.3, -0.25) is 4.79 Å². The first-order valence-electron chi connectivity index (χ1n) is 6.17. The van der Waals surface area contributed by atoms with Gasteiger partial charge in [0.2, 0.25) is 0 Å².